The standard InChI is InChI=1S/C24H34NO8P/c1-8-30-23(26)20-16(5)25(18-12-14-19(29-7)15-13-18)17(6)21(24(27)31-9-2)22(20)34(28,32-10-3)33-11-4/h12-15,22H,8-11H2,1-7H3. The van der Waals surface area contributed by atoms with Crippen molar-refractivity contribution in [1.29, 1.82) is 0 Å². The second kappa shape index (κ2) is 12.2. The number of allylic oxidation sites excluding steroid dienone is 2. The minimum atomic E-state index is -4.03. The van der Waals surface area contributed by atoms with Gasteiger partial charge in [0.05, 0.1) is 44.7 Å². The van der Waals surface area contributed by atoms with Crippen LogP contribution in [0.3, 0.4) is 0 Å². The molecule has 1 aromatic carbocycles. The number of rotatable bonds is 11. The van der Waals surface area contributed by atoms with Crippen molar-refractivity contribution in [3.05, 3.63) is 46.8 Å². The monoisotopic (exact) mass is 495 g/mol. The van der Waals surface area contributed by atoms with Gasteiger partial charge in [-0.05, 0) is 65.8 Å². The van der Waals surface area contributed by atoms with Crippen LogP contribution in [0.4, 0.5) is 5.69 Å². The average Bonchev–Trinajstić information content (AvgIpc) is 2.79. The van der Waals surface area contributed by atoms with E-state index in [0.717, 1.165) is 0 Å². The highest BCUT2D eigenvalue weighted by molar-refractivity contribution is 7.55. The Kier molecular flexibility index (Phi) is 9.91. The maximum absolute atomic E-state index is 14.1. The minimum Gasteiger partial charge on any atom is -0.497 e. The van der Waals surface area contributed by atoms with Gasteiger partial charge >= 0.3 is 19.5 Å². The smallest absolute Gasteiger partial charge is 0.343 e. The lowest BCUT2D eigenvalue weighted by Crippen LogP contribution is -2.40. The third-order valence-corrected chi connectivity index (χ3v) is 7.64. The summed E-state index contributed by atoms with van der Waals surface area (Å²) in [5.74, 6) is -0.773. The van der Waals surface area contributed by atoms with Crippen LogP contribution < -0.4 is 9.64 Å². The van der Waals surface area contributed by atoms with Crippen LogP contribution in [0, 0.1) is 0 Å². The van der Waals surface area contributed by atoms with E-state index < -0.39 is 25.2 Å². The van der Waals surface area contributed by atoms with Crippen molar-refractivity contribution < 1.29 is 37.4 Å². The molecule has 1 heterocycles. The number of carbonyl (C=O) groups excluding carboxylic acids is 2. The molecule has 0 N–H and O–H groups in total. The molecule has 1 aliphatic rings. The molecule has 0 radical (unpaired) electrons. The molecule has 1 aromatic rings. The van der Waals surface area contributed by atoms with Gasteiger partial charge in [0.2, 0.25) is 0 Å². The van der Waals surface area contributed by atoms with Crippen LogP contribution >= 0.6 is 7.60 Å². The topological polar surface area (TPSA) is 101 Å². The summed E-state index contributed by atoms with van der Waals surface area (Å²) in [5, 5.41) is 0. The molecule has 0 amide bonds. The van der Waals surface area contributed by atoms with Crippen LogP contribution in [0.5, 0.6) is 5.75 Å². The number of methoxy groups -OCH3 is 1. The highest BCUT2D eigenvalue weighted by Crippen LogP contribution is 2.60. The average molecular weight is 496 g/mol. The maximum Gasteiger partial charge on any atom is 0.343 e. The van der Waals surface area contributed by atoms with Crippen molar-refractivity contribution in [1.82, 2.24) is 0 Å². The molecule has 2 rings (SSSR count). The summed E-state index contributed by atoms with van der Waals surface area (Å²) >= 11 is 0. The number of carbonyl (C=O) groups is 2. The van der Waals surface area contributed by atoms with E-state index in [-0.39, 0.29) is 37.6 Å². The Morgan fingerprint density at radius 1 is 0.824 bits per heavy atom. The van der Waals surface area contributed by atoms with E-state index in [2.05, 4.69) is 0 Å². The zero-order valence-electron chi connectivity index (χ0n) is 20.9. The lowest BCUT2D eigenvalue weighted by molar-refractivity contribution is -0.139. The summed E-state index contributed by atoms with van der Waals surface area (Å²) in [5.41, 5.74) is 0.297. The quantitative estimate of drug-likeness (QED) is 0.316. The van der Waals surface area contributed by atoms with Crippen molar-refractivity contribution in [3.63, 3.8) is 0 Å². The molecule has 0 unspecified atom stereocenters. The van der Waals surface area contributed by atoms with E-state index >= 15 is 0 Å². The van der Waals surface area contributed by atoms with E-state index in [1.165, 1.54) is 0 Å². The summed E-state index contributed by atoms with van der Waals surface area (Å²) in [4.78, 5) is 28.2. The van der Waals surface area contributed by atoms with E-state index in [0.29, 0.717) is 22.8 Å². The van der Waals surface area contributed by atoms with E-state index in [4.69, 9.17) is 23.3 Å². The number of hydrogen-bond acceptors (Lipinski definition) is 9. The van der Waals surface area contributed by atoms with Crippen LogP contribution in [0.2, 0.25) is 0 Å². The Morgan fingerprint density at radius 3 is 1.62 bits per heavy atom. The largest absolute Gasteiger partial charge is 0.497 e. The van der Waals surface area contributed by atoms with Crippen molar-refractivity contribution in [3.8, 4) is 5.75 Å². The van der Waals surface area contributed by atoms with Crippen molar-refractivity contribution in [2.45, 2.75) is 47.2 Å². The van der Waals surface area contributed by atoms with Gasteiger partial charge in [0.1, 0.15) is 11.4 Å². The first-order valence-corrected chi connectivity index (χ1v) is 12.9. The van der Waals surface area contributed by atoms with Gasteiger partial charge in [-0.2, -0.15) is 0 Å². The molecule has 0 aromatic heterocycles. The van der Waals surface area contributed by atoms with Crippen LogP contribution in [-0.4, -0.2) is 51.1 Å². The molecule has 0 bridgehead atoms. The number of hydrogen-bond donors (Lipinski definition) is 0. The van der Waals surface area contributed by atoms with E-state index in [9.17, 15) is 14.2 Å². The molecule has 1 aliphatic heterocycles. The fourth-order valence-corrected chi connectivity index (χ4v) is 6.26. The predicted molar refractivity (Wildman–Crippen MR) is 129 cm³/mol. The van der Waals surface area contributed by atoms with Gasteiger partial charge in [0.15, 0.2) is 0 Å². The predicted octanol–water partition coefficient (Wildman–Crippen LogP) is 4.82. The first-order valence-electron chi connectivity index (χ1n) is 11.3. The molecule has 0 spiro atoms. The molecule has 188 valence electrons. The summed E-state index contributed by atoms with van der Waals surface area (Å²) in [6.45, 7) is 10.4. The van der Waals surface area contributed by atoms with Gasteiger partial charge in [-0.15, -0.1) is 0 Å². The van der Waals surface area contributed by atoms with Crippen LogP contribution in [0.15, 0.2) is 46.8 Å². The highest BCUT2D eigenvalue weighted by atomic mass is 31.2. The Hall–Kier alpha value is -2.61. The van der Waals surface area contributed by atoms with Gasteiger partial charge in [0.25, 0.3) is 0 Å². The molecular formula is C24H34NO8P. The van der Waals surface area contributed by atoms with Gasteiger partial charge in [0, 0.05) is 17.1 Å². The van der Waals surface area contributed by atoms with Crippen LogP contribution in [0.1, 0.15) is 41.5 Å². The Bertz CT molecular complexity index is 947. The first-order chi connectivity index (χ1) is 16.2. The first kappa shape index (κ1) is 27.6. The molecular weight excluding hydrogens is 461 g/mol. The van der Waals surface area contributed by atoms with Gasteiger partial charge < -0.3 is 28.2 Å². The molecule has 0 aliphatic carbocycles. The molecule has 0 saturated carbocycles. The normalized spacial score (nSPS) is 15.0. The Labute approximate surface area is 201 Å². The molecule has 0 fully saturated rings. The van der Waals surface area contributed by atoms with Gasteiger partial charge in [-0.3, -0.25) is 4.57 Å². The fourth-order valence-electron chi connectivity index (χ4n) is 3.95. The zero-order chi connectivity index (χ0) is 25.5. The number of esters is 2. The van der Waals surface area contributed by atoms with Crippen LogP contribution in [0.25, 0.3) is 0 Å². The zero-order valence-corrected chi connectivity index (χ0v) is 21.8. The molecule has 34 heavy (non-hydrogen) atoms. The summed E-state index contributed by atoms with van der Waals surface area (Å²) in [7, 11) is -2.47. The van der Waals surface area contributed by atoms with Gasteiger partial charge in [-0.1, -0.05) is 0 Å². The second-order valence-electron chi connectivity index (χ2n) is 7.25. The third-order valence-electron chi connectivity index (χ3n) is 5.25. The Morgan fingerprint density at radius 2 is 1.26 bits per heavy atom. The second-order valence-corrected chi connectivity index (χ2v) is 9.36. The highest BCUT2D eigenvalue weighted by Gasteiger charge is 2.51. The fraction of sp³-hybridized carbons (Fsp3) is 0.500. The lowest BCUT2D eigenvalue weighted by Gasteiger charge is -2.39. The van der Waals surface area contributed by atoms with E-state index in [1.807, 2.05) is 0 Å². The molecule has 9 nitrogen and oxygen atoms in total. The van der Waals surface area contributed by atoms with Crippen molar-refractivity contribution >= 4 is 25.2 Å². The summed E-state index contributed by atoms with van der Waals surface area (Å²) in [6, 6.07) is 7.12. The van der Waals surface area contributed by atoms with Gasteiger partial charge in [-0.25, -0.2) is 9.59 Å². The Balaban J connectivity index is 2.89. The third kappa shape index (κ3) is 5.54. The molecule has 0 atom stereocenters. The van der Waals surface area contributed by atoms with Crippen molar-refractivity contribution in [2.24, 2.45) is 0 Å². The number of benzene rings is 1. The molecule has 10 heteroatoms. The minimum absolute atomic E-state index is 0.0246. The number of nitrogens with zero attached hydrogens (tertiary/aromatic N) is 1. The summed E-state index contributed by atoms with van der Waals surface area (Å²) in [6.07, 6.45) is 0. The van der Waals surface area contributed by atoms with E-state index in [1.54, 1.807) is 77.8 Å². The van der Waals surface area contributed by atoms with Crippen molar-refractivity contribution in [2.75, 3.05) is 38.4 Å². The number of ether oxygens (including phenoxy) is 3. The van der Waals surface area contributed by atoms with Crippen LogP contribution in [-0.2, 0) is 32.7 Å². The molecule has 0 saturated heterocycles. The SMILES string of the molecule is CCOC(=O)C1=C(C)N(c2ccc(OC)cc2)C(C)=C(C(=O)OCC)C1P(=O)(OCC)OCC. The lowest BCUT2D eigenvalue weighted by atomic mass is 9.95. The summed E-state index contributed by atoms with van der Waals surface area (Å²) < 4.78 is 41.2. The maximum atomic E-state index is 14.1. The number of anilines is 1.